The average Bonchev–Trinajstić information content (AvgIpc) is 3.03. The highest BCUT2D eigenvalue weighted by Gasteiger charge is 2.27. The van der Waals surface area contributed by atoms with Gasteiger partial charge in [0.1, 0.15) is 28.9 Å². The van der Waals surface area contributed by atoms with E-state index >= 15 is 0 Å². The van der Waals surface area contributed by atoms with Gasteiger partial charge in [0.2, 0.25) is 0 Å². The second kappa shape index (κ2) is 12.2. The molecule has 0 atom stereocenters. The highest BCUT2D eigenvalue weighted by molar-refractivity contribution is 5.97. The van der Waals surface area contributed by atoms with Crippen molar-refractivity contribution in [1.82, 2.24) is 19.4 Å². The molecular weight excluding hydrogens is 565 g/mol. The summed E-state index contributed by atoms with van der Waals surface area (Å²) < 4.78 is 25.9. The summed E-state index contributed by atoms with van der Waals surface area (Å²) in [5, 5.41) is 2.82. The van der Waals surface area contributed by atoms with E-state index in [1.807, 2.05) is 24.3 Å². The molecule has 0 spiro atoms. The first-order valence-electron chi connectivity index (χ1n) is 13.7. The summed E-state index contributed by atoms with van der Waals surface area (Å²) in [6.07, 6.45) is 4.47. The first-order valence-corrected chi connectivity index (χ1v) is 13.7. The third-order valence-corrected chi connectivity index (χ3v) is 7.13. The van der Waals surface area contributed by atoms with Gasteiger partial charge < -0.3 is 14.4 Å². The molecule has 3 aromatic heterocycles. The van der Waals surface area contributed by atoms with Gasteiger partial charge in [0.05, 0.1) is 37.4 Å². The maximum Gasteiger partial charge on any atom is 0.323 e. The Kier molecular flexibility index (Phi) is 7.83. The molecule has 0 fully saturated rings. The zero-order chi connectivity index (χ0) is 30.6. The van der Waals surface area contributed by atoms with E-state index in [2.05, 4.69) is 15.3 Å². The zero-order valence-electron chi connectivity index (χ0n) is 23.6. The Labute approximate surface area is 251 Å². The van der Waals surface area contributed by atoms with Crippen LogP contribution in [0.1, 0.15) is 27.2 Å². The molecule has 1 N–H and O–H groups in total. The Bertz CT molecular complexity index is 1890. The van der Waals surface area contributed by atoms with Crippen LogP contribution in [-0.4, -0.2) is 38.4 Å². The van der Waals surface area contributed by atoms with Gasteiger partial charge in [-0.3, -0.25) is 24.5 Å². The van der Waals surface area contributed by atoms with E-state index < -0.39 is 17.2 Å². The smallest absolute Gasteiger partial charge is 0.323 e. The predicted octanol–water partition coefficient (Wildman–Crippen LogP) is 5.54. The molecule has 6 rings (SSSR count). The largest absolute Gasteiger partial charge is 0.497 e. The molecule has 2 aromatic carbocycles. The first kappa shape index (κ1) is 28.3. The third kappa shape index (κ3) is 6.02. The average molecular weight is 592 g/mol. The fraction of sp³-hybridized carbons (Fsp3) is 0.121. The summed E-state index contributed by atoms with van der Waals surface area (Å²) in [6.45, 7) is 0.660. The minimum atomic E-state index is -0.500. The number of methoxy groups -OCH3 is 1. The number of amides is 2. The number of benzene rings is 2. The molecule has 4 heterocycles. The van der Waals surface area contributed by atoms with Crippen molar-refractivity contribution in [2.75, 3.05) is 12.4 Å². The Hall–Kier alpha value is -5.84. The molecule has 220 valence electrons. The van der Waals surface area contributed by atoms with Crippen LogP contribution >= 0.6 is 0 Å². The summed E-state index contributed by atoms with van der Waals surface area (Å²) in [7, 11) is 1.60. The molecule has 0 bridgehead atoms. The summed E-state index contributed by atoms with van der Waals surface area (Å²) in [5.74, 6) is 1.26. The number of rotatable bonds is 9. The number of carbonyl (C=O) groups is 2. The van der Waals surface area contributed by atoms with Crippen molar-refractivity contribution in [3.63, 3.8) is 0 Å². The SMILES string of the molecule is COc1ccc(CN2Cc3c(Oc4ccc(CC(=O)c5cccn(-c6ccc(F)cc6)c5=O)nc4)ccnc3NC2=O)cc1. The molecule has 11 heteroatoms. The molecule has 0 aliphatic carbocycles. The summed E-state index contributed by atoms with van der Waals surface area (Å²) in [6, 6.07) is 20.8. The molecule has 10 nitrogen and oxygen atoms in total. The van der Waals surface area contributed by atoms with Gasteiger partial charge in [0.25, 0.3) is 5.56 Å². The lowest BCUT2D eigenvalue weighted by atomic mass is 10.1. The number of ketones is 1. The summed E-state index contributed by atoms with van der Waals surface area (Å²) in [4.78, 5) is 49.1. The van der Waals surface area contributed by atoms with Crippen molar-refractivity contribution in [2.45, 2.75) is 19.5 Å². The highest BCUT2D eigenvalue weighted by Crippen LogP contribution is 2.33. The quantitative estimate of drug-likeness (QED) is 0.224. The van der Waals surface area contributed by atoms with Gasteiger partial charge in [-0.05, 0) is 72.3 Å². The molecule has 0 unspecified atom stereocenters. The van der Waals surface area contributed by atoms with Crippen LogP contribution in [0.5, 0.6) is 17.2 Å². The number of ether oxygens (including phenoxy) is 2. The monoisotopic (exact) mass is 591 g/mol. The van der Waals surface area contributed by atoms with Crippen LogP contribution in [0.2, 0.25) is 0 Å². The van der Waals surface area contributed by atoms with Crippen LogP contribution in [0, 0.1) is 5.82 Å². The lowest BCUT2D eigenvalue weighted by molar-refractivity contribution is 0.0990. The maximum atomic E-state index is 13.3. The van der Waals surface area contributed by atoms with Crippen molar-refractivity contribution in [2.24, 2.45) is 0 Å². The van der Waals surface area contributed by atoms with Crippen LogP contribution < -0.4 is 20.3 Å². The van der Waals surface area contributed by atoms with E-state index in [9.17, 15) is 18.8 Å². The van der Waals surface area contributed by atoms with Crippen LogP contribution in [0.4, 0.5) is 15.0 Å². The number of aromatic nitrogens is 3. The summed E-state index contributed by atoms with van der Waals surface area (Å²) in [5.41, 5.74) is 2.06. The zero-order valence-corrected chi connectivity index (χ0v) is 23.6. The lowest BCUT2D eigenvalue weighted by Gasteiger charge is -2.29. The number of carbonyl (C=O) groups excluding carboxylic acids is 2. The van der Waals surface area contributed by atoms with E-state index in [1.165, 1.54) is 47.3 Å². The van der Waals surface area contributed by atoms with Gasteiger partial charge in [0, 0.05) is 30.3 Å². The fourth-order valence-electron chi connectivity index (χ4n) is 4.83. The Balaban J connectivity index is 1.14. The van der Waals surface area contributed by atoms with Crippen molar-refractivity contribution in [3.05, 3.63) is 136 Å². The minimum absolute atomic E-state index is 0.00334. The first-order chi connectivity index (χ1) is 21.4. The second-order valence-corrected chi connectivity index (χ2v) is 10.0. The standard InChI is InChI=1S/C33H26FN5O5/c1-43-25-11-4-21(5-12-25)19-38-20-28-30(14-15-35-31(28)37-33(38)42)44-26-13-8-23(36-18-26)17-29(40)27-3-2-16-39(32(27)41)24-9-6-22(34)7-10-24/h2-16,18H,17,19-20H2,1H3,(H,35,37,42). The number of nitrogens with zero attached hydrogens (tertiary/aromatic N) is 4. The van der Waals surface area contributed by atoms with Gasteiger partial charge >= 0.3 is 6.03 Å². The fourth-order valence-corrected chi connectivity index (χ4v) is 4.83. The predicted molar refractivity (Wildman–Crippen MR) is 160 cm³/mol. The van der Waals surface area contributed by atoms with E-state index in [1.54, 1.807) is 42.5 Å². The minimum Gasteiger partial charge on any atom is -0.497 e. The van der Waals surface area contributed by atoms with Crippen LogP contribution in [-0.2, 0) is 19.5 Å². The Morgan fingerprint density at radius 3 is 2.45 bits per heavy atom. The van der Waals surface area contributed by atoms with Crippen molar-refractivity contribution >= 4 is 17.6 Å². The number of hydrogen-bond donors (Lipinski definition) is 1. The molecule has 0 saturated heterocycles. The highest BCUT2D eigenvalue weighted by atomic mass is 19.1. The summed E-state index contributed by atoms with van der Waals surface area (Å²) >= 11 is 0. The number of halogens is 1. The molecule has 44 heavy (non-hydrogen) atoms. The Morgan fingerprint density at radius 1 is 0.955 bits per heavy atom. The van der Waals surface area contributed by atoms with Crippen LogP contribution in [0.25, 0.3) is 5.69 Å². The van der Waals surface area contributed by atoms with Gasteiger partial charge in [-0.1, -0.05) is 12.1 Å². The van der Waals surface area contributed by atoms with Crippen LogP contribution in [0.3, 0.4) is 0 Å². The molecule has 1 aliphatic heterocycles. The van der Waals surface area contributed by atoms with E-state index in [-0.39, 0.29) is 24.6 Å². The normalized spacial score (nSPS) is 12.3. The van der Waals surface area contributed by atoms with E-state index in [0.717, 1.165) is 11.3 Å². The number of urea groups is 1. The van der Waals surface area contributed by atoms with Crippen molar-refractivity contribution in [1.29, 1.82) is 0 Å². The topological polar surface area (TPSA) is 116 Å². The Morgan fingerprint density at radius 2 is 1.73 bits per heavy atom. The van der Waals surface area contributed by atoms with Crippen molar-refractivity contribution in [3.8, 4) is 22.9 Å². The maximum absolute atomic E-state index is 13.3. The molecular formula is C33H26FN5O5. The molecule has 5 aromatic rings. The third-order valence-electron chi connectivity index (χ3n) is 7.13. The molecule has 2 amide bonds. The van der Waals surface area contributed by atoms with Gasteiger partial charge in [-0.15, -0.1) is 0 Å². The number of fused-ring (bicyclic) bond motifs is 1. The number of hydrogen-bond acceptors (Lipinski definition) is 7. The molecule has 1 aliphatic rings. The number of nitrogens with one attached hydrogen (secondary N) is 1. The van der Waals surface area contributed by atoms with Gasteiger partial charge in [0.15, 0.2) is 5.78 Å². The van der Waals surface area contributed by atoms with E-state index in [0.29, 0.717) is 40.8 Å². The second-order valence-electron chi connectivity index (χ2n) is 10.0. The van der Waals surface area contributed by atoms with Crippen molar-refractivity contribution < 1.29 is 23.5 Å². The number of Topliss-reactive ketones (excluding diaryl/α,β-unsaturated/α-hetero) is 1. The number of pyridine rings is 3. The molecule has 0 saturated carbocycles. The van der Waals surface area contributed by atoms with E-state index in [4.69, 9.17) is 9.47 Å². The van der Waals surface area contributed by atoms with Gasteiger partial charge in [-0.25, -0.2) is 14.2 Å². The van der Waals surface area contributed by atoms with Gasteiger partial charge in [-0.2, -0.15) is 0 Å². The number of anilines is 1. The lowest BCUT2D eigenvalue weighted by Crippen LogP contribution is -2.38. The molecule has 0 radical (unpaired) electrons. The van der Waals surface area contributed by atoms with Crippen LogP contribution in [0.15, 0.2) is 102 Å².